The summed E-state index contributed by atoms with van der Waals surface area (Å²) in [5.41, 5.74) is 10.7. The second kappa shape index (κ2) is 8.50. The van der Waals surface area contributed by atoms with Gasteiger partial charge in [-0.25, -0.2) is 0 Å². The highest BCUT2D eigenvalue weighted by Crippen LogP contribution is 2.40. The predicted octanol–water partition coefficient (Wildman–Crippen LogP) is 9.43. The van der Waals surface area contributed by atoms with E-state index in [4.69, 9.17) is 4.74 Å². The third kappa shape index (κ3) is 3.37. The Morgan fingerprint density at radius 1 is 0.744 bits per heavy atom. The summed E-state index contributed by atoms with van der Waals surface area (Å²) in [5, 5.41) is 5.05. The van der Waals surface area contributed by atoms with Crippen LogP contribution in [0.2, 0.25) is 0 Å². The summed E-state index contributed by atoms with van der Waals surface area (Å²) in [6.45, 7) is 2.78. The minimum absolute atomic E-state index is 0.581. The number of aromatic amines is 1. The molecule has 0 amide bonds. The van der Waals surface area contributed by atoms with E-state index < -0.39 is 0 Å². The topological polar surface area (TPSA) is 29.9 Å². The van der Waals surface area contributed by atoms with Crippen molar-refractivity contribution in [3.05, 3.63) is 127 Å². The van der Waals surface area contributed by atoms with Crippen LogP contribution in [-0.4, -0.2) is 16.2 Å². The van der Waals surface area contributed by atoms with Crippen LogP contribution < -0.4 is 4.74 Å². The van der Waals surface area contributed by atoms with E-state index in [-0.39, 0.29) is 0 Å². The van der Waals surface area contributed by atoms with Crippen LogP contribution in [0.1, 0.15) is 12.5 Å². The predicted molar refractivity (Wildman–Crippen MR) is 164 cm³/mol. The lowest BCUT2D eigenvalue weighted by Gasteiger charge is -2.09. The van der Waals surface area contributed by atoms with E-state index in [1.165, 1.54) is 60.5 Å². The smallest absolute Gasteiger partial charge is 0.128 e. The SMILES string of the molecule is C/C(=C\C=C1/COc2cc(-c3ccccc3)ccc21)n1c2ccccc2c2ccc3[nH]c4ccccc4c3c21. The molecule has 0 spiro atoms. The number of nitrogens with one attached hydrogen (secondary N) is 1. The molecular weight excluding hydrogens is 476 g/mol. The molecule has 0 saturated carbocycles. The van der Waals surface area contributed by atoms with E-state index in [0.29, 0.717) is 6.61 Å². The number of hydrogen-bond donors (Lipinski definition) is 1. The molecule has 186 valence electrons. The molecule has 0 aliphatic carbocycles. The number of rotatable bonds is 3. The molecular formula is C36H26N2O. The average Bonchev–Trinajstić information content (AvgIpc) is 3.67. The molecule has 3 heteroatoms. The first-order chi connectivity index (χ1) is 19.3. The van der Waals surface area contributed by atoms with Crippen molar-refractivity contribution < 1.29 is 4.74 Å². The number of fused-ring (bicyclic) bond motifs is 8. The summed E-state index contributed by atoms with van der Waals surface area (Å²) < 4.78 is 8.54. The van der Waals surface area contributed by atoms with Gasteiger partial charge in [-0.05, 0) is 48.4 Å². The van der Waals surface area contributed by atoms with Crippen LogP contribution in [0.3, 0.4) is 0 Å². The summed E-state index contributed by atoms with van der Waals surface area (Å²) in [7, 11) is 0. The number of benzene rings is 5. The Kier molecular flexibility index (Phi) is 4.80. The molecule has 0 fully saturated rings. The number of H-pyrrole nitrogens is 1. The van der Waals surface area contributed by atoms with Gasteiger partial charge in [0.25, 0.3) is 0 Å². The molecule has 0 atom stereocenters. The van der Waals surface area contributed by atoms with Crippen molar-refractivity contribution in [2.45, 2.75) is 6.92 Å². The molecule has 7 aromatic rings. The van der Waals surface area contributed by atoms with Gasteiger partial charge in [0.2, 0.25) is 0 Å². The highest BCUT2D eigenvalue weighted by atomic mass is 16.5. The van der Waals surface area contributed by atoms with E-state index in [1.807, 2.05) is 6.07 Å². The van der Waals surface area contributed by atoms with E-state index in [9.17, 15) is 0 Å². The Morgan fingerprint density at radius 2 is 1.54 bits per heavy atom. The van der Waals surface area contributed by atoms with E-state index in [2.05, 4.69) is 132 Å². The molecule has 0 saturated heterocycles. The van der Waals surface area contributed by atoms with Crippen LogP contribution in [0, 0.1) is 0 Å². The van der Waals surface area contributed by atoms with Gasteiger partial charge in [-0.15, -0.1) is 0 Å². The van der Waals surface area contributed by atoms with Gasteiger partial charge in [0, 0.05) is 49.4 Å². The Hall–Kier alpha value is -5.02. The highest BCUT2D eigenvalue weighted by molar-refractivity contribution is 6.25. The third-order valence-corrected chi connectivity index (χ3v) is 8.00. The number of aromatic nitrogens is 2. The normalized spacial score (nSPS) is 14.6. The summed E-state index contributed by atoms with van der Waals surface area (Å²) in [6.07, 6.45) is 4.46. The molecule has 1 N–H and O–H groups in total. The third-order valence-electron chi connectivity index (χ3n) is 8.00. The summed E-state index contributed by atoms with van der Waals surface area (Å²) in [6, 6.07) is 38.7. The second-order valence-electron chi connectivity index (χ2n) is 10.3. The number of hydrogen-bond acceptors (Lipinski definition) is 1. The zero-order valence-corrected chi connectivity index (χ0v) is 21.6. The van der Waals surface area contributed by atoms with Crippen molar-refractivity contribution in [2.75, 3.05) is 6.61 Å². The minimum atomic E-state index is 0.581. The first kappa shape index (κ1) is 22.0. The molecule has 8 rings (SSSR count). The van der Waals surface area contributed by atoms with Crippen molar-refractivity contribution >= 4 is 54.9 Å². The number of nitrogens with zero attached hydrogens (tertiary/aromatic N) is 1. The maximum atomic E-state index is 6.12. The van der Waals surface area contributed by atoms with Crippen molar-refractivity contribution in [3.63, 3.8) is 0 Å². The Balaban J connectivity index is 1.29. The van der Waals surface area contributed by atoms with Crippen molar-refractivity contribution in [1.82, 2.24) is 9.55 Å². The molecule has 0 bridgehead atoms. The van der Waals surface area contributed by atoms with Crippen LogP contribution in [0.5, 0.6) is 5.75 Å². The Morgan fingerprint density at radius 3 is 2.44 bits per heavy atom. The Labute approximate surface area is 226 Å². The lowest BCUT2D eigenvalue weighted by atomic mass is 10.0. The zero-order chi connectivity index (χ0) is 25.9. The monoisotopic (exact) mass is 502 g/mol. The van der Waals surface area contributed by atoms with Gasteiger partial charge in [-0.2, -0.15) is 0 Å². The maximum Gasteiger partial charge on any atom is 0.128 e. The van der Waals surface area contributed by atoms with E-state index >= 15 is 0 Å². The molecule has 3 heterocycles. The van der Waals surface area contributed by atoms with Crippen LogP contribution >= 0.6 is 0 Å². The molecule has 3 nitrogen and oxygen atoms in total. The molecule has 1 aliphatic rings. The lowest BCUT2D eigenvalue weighted by molar-refractivity contribution is 0.388. The van der Waals surface area contributed by atoms with Crippen LogP contribution in [0.15, 0.2) is 121 Å². The number of para-hydroxylation sites is 2. The van der Waals surface area contributed by atoms with Crippen LogP contribution in [0.4, 0.5) is 0 Å². The van der Waals surface area contributed by atoms with E-state index in [1.54, 1.807) is 0 Å². The summed E-state index contributed by atoms with van der Waals surface area (Å²) >= 11 is 0. The van der Waals surface area contributed by atoms with Crippen LogP contribution in [-0.2, 0) is 0 Å². The standard InChI is InChI=1S/C36H26N2O/c1-23(15-16-26-22-39-34-21-25(17-18-27(26)34)24-9-3-2-4-10-24)38-33-14-8-6-11-28(33)29-19-20-32-35(36(29)38)30-12-5-7-13-31(30)37-32/h2-21,37H,22H2,1H3/b23-15+,26-16+. The lowest BCUT2D eigenvalue weighted by Crippen LogP contribution is -1.94. The molecule has 39 heavy (non-hydrogen) atoms. The van der Waals surface area contributed by atoms with E-state index in [0.717, 1.165) is 16.8 Å². The second-order valence-corrected chi connectivity index (χ2v) is 10.3. The molecule has 0 radical (unpaired) electrons. The van der Waals surface area contributed by atoms with Gasteiger partial charge >= 0.3 is 0 Å². The molecule has 0 unspecified atom stereocenters. The fourth-order valence-corrected chi connectivity index (χ4v) is 6.14. The van der Waals surface area contributed by atoms with Gasteiger partial charge in [-0.3, -0.25) is 0 Å². The quantitative estimate of drug-likeness (QED) is 0.256. The van der Waals surface area contributed by atoms with Crippen molar-refractivity contribution in [2.24, 2.45) is 0 Å². The number of ether oxygens (including phenoxy) is 1. The van der Waals surface area contributed by atoms with Gasteiger partial charge in [0.15, 0.2) is 0 Å². The fraction of sp³-hybridized carbons (Fsp3) is 0.0556. The Bertz CT molecular complexity index is 2120. The van der Waals surface area contributed by atoms with Crippen molar-refractivity contribution in [3.8, 4) is 16.9 Å². The van der Waals surface area contributed by atoms with Gasteiger partial charge in [0.1, 0.15) is 12.4 Å². The van der Waals surface area contributed by atoms with Crippen LogP contribution in [0.25, 0.3) is 66.0 Å². The van der Waals surface area contributed by atoms with Gasteiger partial charge < -0.3 is 14.3 Å². The number of allylic oxidation sites excluding steroid dienone is 3. The maximum absolute atomic E-state index is 6.12. The summed E-state index contributed by atoms with van der Waals surface area (Å²) in [4.78, 5) is 3.62. The average molecular weight is 503 g/mol. The minimum Gasteiger partial charge on any atom is -0.488 e. The summed E-state index contributed by atoms with van der Waals surface area (Å²) in [5.74, 6) is 0.950. The molecule has 1 aliphatic heterocycles. The highest BCUT2D eigenvalue weighted by Gasteiger charge is 2.19. The first-order valence-electron chi connectivity index (χ1n) is 13.4. The molecule has 5 aromatic carbocycles. The largest absolute Gasteiger partial charge is 0.488 e. The molecule has 2 aromatic heterocycles. The van der Waals surface area contributed by atoms with Gasteiger partial charge in [-0.1, -0.05) is 91.0 Å². The fourth-order valence-electron chi connectivity index (χ4n) is 6.14. The zero-order valence-electron chi connectivity index (χ0n) is 21.6. The first-order valence-corrected chi connectivity index (χ1v) is 13.4. The van der Waals surface area contributed by atoms with Gasteiger partial charge in [0.05, 0.1) is 11.0 Å². The van der Waals surface area contributed by atoms with Crippen molar-refractivity contribution in [1.29, 1.82) is 0 Å².